The molecule has 1 saturated heterocycles. The highest BCUT2D eigenvalue weighted by Gasteiger charge is 2.33. The van der Waals surface area contributed by atoms with Gasteiger partial charge in [0.1, 0.15) is 0 Å². The van der Waals surface area contributed by atoms with E-state index in [1.165, 1.54) is 63.0 Å². The zero-order valence-electron chi connectivity index (χ0n) is 15.5. The molecule has 0 atom stereocenters. The maximum atomic E-state index is 12.4. The van der Waals surface area contributed by atoms with E-state index in [-0.39, 0.29) is 5.91 Å². The Hall–Kier alpha value is -1.59. The average molecular weight is 342 g/mol. The number of hydrogen-bond acceptors (Lipinski definition) is 4. The lowest BCUT2D eigenvalue weighted by molar-refractivity contribution is 0.0817. The number of rotatable bonds is 2. The van der Waals surface area contributed by atoms with Crippen molar-refractivity contribution in [2.45, 2.75) is 44.2 Å². The fourth-order valence-corrected chi connectivity index (χ4v) is 4.93. The van der Waals surface area contributed by atoms with Crippen molar-refractivity contribution >= 4 is 11.6 Å². The Balaban J connectivity index is 1.46. The number of nitrogens with zero attached hydrogens (tertiary/aromatic N) is 3. The first-order valence-electron chi connectivity index (χ1n) is 9.64. The Kier molecular flexibility index (Phi) is 4.46. The molecule has 1 aliphatic carbocycles. The Morgan fingerprint density at radius 3 is 2.36 bits per heavy atom. The fraction of sp³-hybridized carbons (Fsp3) is 0.650. The molecule has 136 valence electrons. The summed E-state index contributed by atoms with van der Waals surface area (Å²) in [6.07, 6.45) is 5.01. The summed E-state index contributed by atoms with van der Waals surface area (Å²) in [6.45, 7) is 5.53. The molecule has 0 aromatic heterocycles. The minimum atomic E-state index is 0.0838. The van der Waals surface area contributed by atoms with E-state index >= 15 is 0 Å². The normalized spacial score (nSPS) is 28.4. The highest BCUT2D eigenvalue weighted by molar-refractivity contribution is 6.03. The molecule has 0 bridgehead atoms. The van der Waals surface area contributed by atoms with Crippen LogP contribution in [0.4, 0.5) is 5.69 Å². The maximum Gasteiger partial charge on any atom is 0.256 e. The van der Waals surface area contributed by atoms with Gasteiger partial charge in [-0.1, -0.05) is 6.07 Å². The number of carbonyl (C=O) groups is 1. The highest BCUT2D eigenvalue weighted by atomic mass is 16.2. The molecule has 2 heterocycles. The summed E-state index contributed by atoms with van der Waals surface area (Å²) in [5.41, 5.74) is 10.1. The molecular weight excluding hydrogens is 312 g/mol. The number of likely N-dealkylation sites (N-methyl/N-ethyl adjacent to an activating group) is 1. The molecule has 1 amide bonds. The topological polar surface area (TPSA) is 52.8 Å². The van der Waals surface area contributed by atoms with Crippen LogP contribution in [0.5, 0.6) is 0 Å². The summed E-state index contributed by atoms with van der Waals surface area (Å²) >= 11 is 0. The van der Waals surface area contributed by atoms with Crippen LogP contribution in [0.3, 0.4) is 0 Å². The van der Waals surface area contributed by atoms with E-state index in [1.807, 2.05) is 13.1 Å². The van der Waals surface area contributed by atoms with Crippen molar-refractivity contribution in [2.24, 2.45) is 0 Å². The molecule has 25 heavy (non-hydrogen) atoms. The van der Waals surface area contributed by atoms with Gasteiger partial charge in [0.15, 0.2) is 0 Å². The maximum absolute atomic E-state index is 12.4. The first kappa shape index (κ1) is 16.9. The van der Waals surface area contributed by atoms with Gasteiger partial charge in [-0.3, -0.25) is 9.69 Å². The molecule has 4 rings (SSSR count). The fourth-order valence-electron chi connectivity index (χ4n) is 4.93. The first-order chi connectivity index (χ1) is 12.0. The summed E-state index contributed by atoms with van der Waals surface area (Å²) in [7, 11) is 4.09. The molecule has 3 aliphatic rings. The number of piperazine rings is 1. The van der Waals surface area contributed by atoms with Crippen LogP contribution in [0, 0.1) is 0 Å². The van der Waals surface area contributed by atoms with Crippen molar-refractivity contribution in [1.82, 2.24) is 14.7 Å². The van der Waals surface area contributed by atoms with Gasteiger partial charge in [-0.2, -0.15) is 0 Å². The van der Waals surface area contributed by atoms with E-state index in [4.69, 9.17) is 5.73 Å². The van der Waals surface area contributed by atoms with Crippen LogP contribution in [-0.4, -0.2) is 66.9 Å². The molecule has 2 N–H and O–H groups in total. The average Bonchev–Trinajstić information content (AvgIpc) is 2.92. The van der Waals surface area contributed by atoms with Crippen LogP contribution in [-0.2, 0) is 6.54 Å². The SMILES string of the molecule is CN1CCN([C@H]2CC[C@H](c3ccc(N)c4c3CN(C)C4=O)CC2)CC1. The van der Waals surface area contributed by atoms with E-state index in [1.54, 1.807) is 4.90 Å². The van der Waals surface area contributed by atoms with Crippen LogP contribution in [0.1, 0.15) is 53.1 Å². The molecule has 2 fully saturated rings. The minimum Gasteiger partial charge on any atom is -0.398 e. The van der Waals surface area contributed by atoms with Crippen molar-refractivity contribution < 1.29 is 4.79 Å². The standard InChI is InChI=1S/C20H30N4O/c1-22-9-11-24(12-10-22)15-5-3-14(4-6-15)16-7-8-18(21)19-17(16)13-23(2)20(19)25/h7-8,14-15H,3-6,9-13,21H2,1-2H3/t14-,15-. The lowest BCUT2D eigenvalue weighted by atomic mass is 9.79. The summed E-state index contributed by atoms with van der Waals surface area (Å²) in [5.74, 6) is 0.665. The lowest BCUT2D eigenvalue weighted by Crippen LogP contribution is -2.49. The summed E-state index contributed by atoms with van der Waals surface area (Å²) in [4.78, 5) is 19.3. The Bertz CT molecular complexity index is 658. The Morgan fingerprint density at radius 1 is 1.00 bits per heavy atom. The summed E-state index contributed by atoms with van der Waals surface area (Å²) in [6, 6.07) is 4.87. The lowest BCUT2D eigenvalue weighted by Gasteiger charge is -2.41. The summed E-state index contributed by atoms with van der Waals surface area (Å²) in [5, 5.41) is 0. The number of benzene rings is 1. The molecule has 0 unspecified atom stereocenters. The van der Waals surface area contributed by atoms with Crippen LogP contribution < -0.4 is 5.73 Å². The number of anilines is 1. The molecule has 1 aromatic carbocycles. The third-order valence-corrected chi connectivity index (χ3v) is 6.53. The molecule has 2 aliphatic heterocycles. The number of carbonyl (C=O) groups excluding carboxylic acids is 1. The Labute approximate surface area is 150 Å². The largest absolute Gasteiger partial charge is 0.398 e. The van der Waals surface area contributed by atoms with E-state index in [0.29, 0.717) is 18.2 Å². The zero-order valence-corrected chi connectivity index (χ0v) is 15.5. The molecule has 1 aromatic rings. The van der Waals surface area contributed by atoms with Crippen molar-refractivity contribution in [3.05, 3.63) is 28.8 Å². The number of fused-ring (bicyclic) bond motifs is 1. The van der Waals surface area contributed by atoms with Crippen LogP contribution in [0.25, 0.3) is 0 Å². The molecule has 0 spiro atoms. The predicted molar refractivity (Wildman–Crippen MR) is 101 cm³/mol. The van der Waals surface area contributed by atoms with Gasteiger partial charge in [-0.05, 0) is 55.8 Å². The van der Waals surface area contributed by atoms with E-state index in [2.05, 4.69) is 22.9 Å². The molecular formula is C20H30N4O. The van der Waals surface area contributed by atoms with Crippen molar-refractivity contribution in [2.75, 3.05) is 46.0 Å². The van der Waals surface area contributed by atoms with E-state index in [0.717, 1.165) is 11.6 Å². The Morgan fingerprint density at radius 2 is 1.68 bits per heavy atom. The number of hydrogen-bond donors (Lipinski definition) is 1. The highest BCUT2D eigenvalue weighted by Crippen LogP contribution is 2.40. The van der Waals surface area contributed by atoms with Gasteiger partial charge in [-0.25, -0.2) is 0 Å². The van der Waals surface area contributed by atoms with Crippen molar-refractivity contribution in [3.8, 4) is 0 Å². The van der Waals surface area contributed by atoms with Crippen LogP contribution in [0.15, 0.2) is 12.1 Å². The van der Waals surface area contributed by atoms with Gasteiger partial charge in [0, 0.05) is 51.5 Å². The third-order valence-electron chi connectivity index (χ3n) is 6.53. The van der Waals surface area contributed by atoms with Crippen LogP contribution in [0.2, 0.25) is 0 Å². The number of amides is 1. The van der Waals surface area contributed by atoms with E-state index in [9.17, 15) is 4.79 Å². The quantitative estimate of drug-likeness (QED) is 0.837. The molecule has 5 heteroatoms. The monoisotopic (exact) mass is 342 g/mol. The van der Waals surface area contributed by atoms with Gasteiger partial charge in [-0.15, -0.1) is 0 Å². The van der Waals surface area contributed by atoms with Crippen molar-refractivity contribution in [3.63, 3.8) is 0 Å². The number of nitrogens with two attached hydrogens (primary N) is 1. The van der Waals surface area contributed by atoms with Gasteiger partial charge < -0.3 is 15.5 Å². The minimum absolute atomic E-state index is 0.0838. The second-order valence-electron chi connectivity index (χ2n) is 8.10. The zero-order chi connectivity index (χ0) is 17.6. The van der Waals surface area contributed by atoms with E-state index < -0.39 is 0 Å². The first-order valence-corrected chi connectivity index (χ1v) is 9.64. The third kappa shape index (κ3) is 3.04. The van der Waals surface area contributed by atoms with Gasteiger partial charge in [0.05, 0.1) is 5.56 Å². The second kappa shape index (κ2) is 6.61. The second-order valence-corrected chi connectivity index (χ2v) is 8.10. The summed E-state index contributed by atoms with van der Waals surface area (Å²) < 4.78 is 0. The molecule has 1 saturated carbocycles. The van der Waals surface area contributed by atoms with Gasteiger partial charge in [0.25, 0.3) is 5.91 Å². The van der Waals surface area contributed by atoms with Crippen LogP contribution >= 0.6 is 0 Å². The molecule has 5 nitrogen and oxygen atoms in total. The van der Waals surface area contributed by atoms with Gasteiger partial charge >= 0.3 is 0 Å². The molecule has 0 radical (unpaired) electrons. The van der Waals surface area contributed by atoms with Gasteiger partial charge in [0.2, 0.25) is 0 Å². The smallest absolute Gasteiger partial charge is 0.256 e. The number of nitrogen functional groups attached to an aromatic ring is 1. The van der Waals surface area contributed by atoms with Crippen molar-refractivity contribution in [1.29, 1.82) is 0 Å². The predicted octanol–water partition coefficient (Wildman–Crippen LogP) is 2.13.